The number of nitrogens with one attached hydrogen (secondary N) is 1. The fourth-order valence-electron chi connectivity index (χ4n) is 4.36. The number of aryl methyl sites for hydroxylation is 1. The van der Waals surface area contributed by atoms with Crippen molar-refractivity contribution in [1.82, 2.24) is 9.38 Å². The number of rotatable bonds is 5. The number of carboxylic acids is 1. The van der Waals surface area contributed by atoms with Crippen molar-refractivity contribution in [2.45, 2.75) is 45.6 Å². The molecule has 0 unspecified atom stereocenters. The van der Waals surface area contributed by atoms with E-state index in [9.17, 15) is 23.5 Å². The van der Waals surface area contributed by atoms with Gasteiger partial charge >= 0.3 is 5.97 Å². The fraction of sp³-hybridized carbons (Fsp3) is 0.375. The number of nitrogens with zero attached hydrogens (tertiary/aromatic N) is 3. The van der Waals surface area contributed by atoms with E-state index in [-0.39, 0.29) is 23.4 Å². The van der Waals surface area contributed by atoms with Crippen molar-refractivity contribution in [3.8, 4) is 0 Å². The van der Waals surface area contributed by atoms with Gasteiger partial charge in [-0.25, -0.2) is 18.6 Å². The predicted octanol–water partition coefficient (Wildman–Crippen LogP) is 4.42. The monoisotopic (exact) mass is 456 g/mol. The second-order valence-corrected chi connectivity index (χ2v) is 8.63. The largest absolute Gasteiger partial charge is 0.478 e. The lowest BCUT2D eigenvalue weighted by Crippen LogP contribution is -2.44. The number of carboxylic acid groups (broad SMARTS) is 1. The van der Waals surface area contributed by atoms with Gasteiger partial charge in [0, 0.05) is 30.4 Å². The number of hydrogen-bond donors (Lipinski definition) is 2. The van der Waals surface area contributed by atoms with Gasteiger partial charge in [0.1, 0.15) is 11.5 Å². The number of alkyl halides is 2. The van der Waals surface area contributed by atoms with Crippen molar-refractivity contribution in [3.63, 3.8) is 0 Å². The summed E-state index contributed by atoms with van der Waals surface area (Å²) in [6.45, 7) is 5.23. The Morgan fingerprint density at radius 1 is 1.27 bits per heavy atom. The second-order valence-electron chi connectivity index (χ2n) is 8.63. The zero-order valence-corrected chi connectivity index (χ0v) is 18.7. The average Bonchev–Trinajstić information content (AvgIpc) is 2.75. The molecule has 174 valence electrons. The van der Waals surface area contributed by atoms with Crippen LogP contribution in [-0.2, 0) is 0 Å². The number of anilines is 2. The Hall–Kier alpha value is -3.49. The number of pyridine rings is 1. The predicted molar refractivity (Wildman–Crippen MR) is 123 cm³/mol. The van der Waals surface area contributed by atoms with Crippen molar-refractivity contribution >= 4 is 23.1 Å². The van der Waals surface area contributed by atoms with Crippen LogP contribution in [0.1, 0.15) is 52.9 Å². The number of piperidine rings is 1. The summed E-state index contributed by atoms with van der Waals surface area (Å²) in [5, 5.41) is 12.7. The minimum atomic E-state index is -2.83. The number of hydrogen-bond acceptors (Lipinski definition) is 5. The molecule has 3 aromatic rings. The Balaban J connectivity index is 1.83. The van der Waals surface area contributed by atoms with Gasteiger partial charge in [-0.3, -0.25) is 9.20 Å². The van der Waals surface area contributed by atoms with Crippen LogP contribution in [0.15, 0.2) is 41.3 Å². The van der Waals surface area contributed by atoms with E-state index in [2.05, 4.69) is 10.3 Å². The van der Waals surface area contributed by atoms with E-state index in [0.717, 1.165) is 5.56 Å². The van der Waals surface area contributed by atoms with Crippen LogP contribution >= 0.6 is 0 Å². The molecule has 1 aliphatic heterocycles. The van der Waals surface area contributed by atoms with Gasteiger partial charge in [0.25, 0.3) is 11.5 Å². The molecular formula is C24H26F2N4O3. The van der Waals surface area contributed by atoms with Crippen LogP contribution < -0.4 is 15.8 Å². The normalized spacial score (nSPS) is 16.6. The van der Waals surface area contributed by atoms with Gasteiger partial charge in [0.2, 0.25) is 0 Å². The van der Waals surface area contributed by atoms with Crippen molar-refractivity contribution in [2.24, 2.45) is 0 Å². The third kappa shape index (κ3) is 4.40. The molecule has 3 heterocycles. The number of aromatic nitrogens is 2. The lowest BCUT2D eigenvalue weighted by molar-refractivity contribution is -0.0118. The smallest absolute Gasteiger partial charge is 0.337 e. The van der Waals surface area contributed by atoms with Crippen LogP contribution in [0.4, 0.5) is 20.3 Å². The van der Waals surface area contributed by atoms with Crippen LogP contribution in [0.3, 0.4) is 0 Å². The SMILES string of the molecule is Cc1cc([C@H](C)Nc2ccccc2C(=O)O)c2nc(N3CCCC(F)(F)C3)c(C)c(=O)n2c1. The molecule has 0 bridgehead atoms. The topological polar surface area (TPSA) is 86.9 Å². The molecule has 2 aromatic heterocycles. The van der Waals surface area contributed by atoms with Gasteiger partial charge in [-0.1, -0.05) is 12.1 Å². The summed E-state index contributed by atoms with van der Waals surface area (Å²) < 4.78 is 29.6. The minimum Gasteiger partial charge on any atom is -0.478 e. The molecule has 0 spiro atoms. The summed E-state index contributed by atoms with van der Waals surface area (Å²) in [6.07, 6.45) is 1.81. The van der Waals surface area contributed by atoms with Gasteiger partial charge in [-0.15, -0.1) is 0 Å². The van der Waals surface area contributed by atoms with Crippen LogP contribution in [-0.4, -0.2) is 39.5 Å². The first-order chi connectivity index (χ1) is 15.6. The fourth-order valence-corrected chi connectivity index (χ4v) is 4.36. The third-order valence-electron chi connectivity index (χ3n) is 5.98. The van der Waals surface area contributed by atoms with E-state index in [1.807, 2.05) is 19.9 Å². The quantitative estimate of drug-likeness (QED) is 0.591. The molecule has 4 rings (SSSR count). The van der Waals surface area contributed by atoms with E-state index >= 15 is 0 Å². The lowest BCUT2D eigenvalue weighted by Gasteiger charge is -2.34. The van der Waals surface area contributed by atoms with E-state index in [1.165, 1.54) is 15.4 Å². The molecule has 2 N–H and O–H groups in total. The lowest BCUT2D eigenvalue weighted by atomic mass is 10.1. The molecule has 9 heteroatoms. The molecule has 7 nitrogen and oxygen atoms in total. The Kier molecular flexibility index (Phi) is 5.82. The van der Waals surface area contributed by atoms with Crippen molar-refractivity contribution in [2.75, 3.05) is 23.3 Å². The summed E-state index contributed by atoms with van der Waals surface area (Å²) in [5.41, 5.74) is 2.40. The molecule has 0 saturated carbocycles. The van der Waals surface area contributed by atoms with Gasteiger partial charge in [0.15, 0.2) is 0 Å². The number of benzene rings is 1. The highest BCUT2D eigenvalue weighted by atomic mass is 19.3. The highest BCUT2D eigenvalue weighted by Crippen LogP contribution is 2.31. The maximum atomic E-state index is 14.1. The highest BCUT2D eigenvalue weighted by Gasteiger charge is 2.36. The maximum absolute atomic E-state index is 14.1. The minimum absolute atomic E-state index is 0.124. The highest BCUT2D eigenvalue weighted by molar-refractivity contribution is 5.94. The Labute approximate surface area is 189 Å². The summed E-state index contributed by atoms with van der Waals surface area (Å²) in [6, 6.07) is 8.01. The molecule has 1 saturated heterocycles. The number of para-hydroxylation sites is 1. The molecule has 33 heavy (non-hydrogen) atoms. The van der Waals surface area contributed by atoms with Gasteiger partial charge in [0.05, 0.1) is 23.7 Å². The van der Waals surface area contributed by atoms with Gasteiger partial charge in [-0.2, -0.15) is 0 Å². The summed E-state index contributed by atoms with van der Waals surface area (Å²) in [4.78, 5) is 31.0. The van der Waals surface area contributed by atoms with Crippen LogP contribution in [0.2, 0.25) is 0 Å². The zero-order chi connectivity index (χ0) is 23.9. The Morgan fingerprint density at radius 3 is 2.70 bits per heavy atom. The Morgan fingerprint density at radius 2 is 2.00 bits per heavy atom. The summed E-state index contributed by atoms with van der Waals surface area (Å²) in [5.74, 6) is -3.62. The number of carbonyl (C=O) groups is 1. The molecule has 0 amide bonds. The van der Waals surface area contributed by atoms with Gasteiger partial charge in [-0.05, 0) is 51.0 Å². The molecule has 1 aromatic carbocycles. The van der Waals surface area contributed by atoms with E-state index in [1.54, 1.807) is 31.3 Å². The number of fused-ring (bicyclic) bond motifs is 1. The third-order valence-corrected chi connectivity index (χ3v) is 5.98. The zero-order valence-electron chi connectivity index (χ0n) is 18.7. The molecule has 1 atom stereocenters. The first kappa shape index (κ1) is 22.7. The van der Waals surface area contributed by atoms with E-state index in [4.69, 9.17) is 0 Å². The van der Waals surface area contributed by atoms with E-state index in [0.29, 0.717) is 35.4 Å². The summed E-state index contributed by atoms with van der Waals surface area (Å²) >= 11 is 0. The maximum Gasteiger partial charge on any atom is 0.337 e. The molecule has 0 aliphatic carbocycles. The van der Waals surface area contributed by atoms with Crippen molar-refractivity contribution in [3.05, 3.63) is 69.1 Å². The molecular weight excluding hydrogens is 430 g/mol. The average molecular weight is 456 g/mol. The molecule has 1 aliphatic rings. The van der Waals surface area contributed by atoms with Crippen molar-refractivity contribution < 1.29 is 18.7 Å². The number of aromatic carboxylic acids is 1. The first-order valence-electron chi connectivity index (χ1n) is 10.8. The standard InChI is InChI=1S/C24H26F2N4O3/c1-14-11-18(16(3)27-19-8-5-4-7-17(19)23(32)33)21-28-20(15(2)22(31)30(21)12-14)29-10-6-9-24(25,26)13-29/h4-5,7-8,11-12,16,27H,6,9-10,13H2,1-3H3,(H,32,33)/t16-/m0/s1. The second kappa shape index (κ2) is 8.46. The van der Waals surface area contributed by atoms with Crippen LogP contribution in [0.5, 0.6) is 0 Å². The molecule has 0 radical (unpaired) electrons. The van der Waals surface area contributed by atoms with Gasteiger partial charge < -0.3 is 15.3 Å². The van der Waals surface area contributed by atoms with Crippen LogP contribution in [0.25, 0.3) is 5.65 Å². The first-order valence-corrected chi connectivity index (χ1v) is 10.8. The number of halogens is 2. The van der Waals surface area contributed by atoms with Crippen LogP contribution in [0, 0.1) is 13.8 Å². The van der Waals surface area contributed by atoms with E-state index < -0.39 is 24.5 Å². The van der Waals surface area contributed by atoms with Crippen molar-refractivity contribution in [1.29, 1.82) is 0 Å². The summed E-state index contributed by atoms with van der Waals surface area (Å²) in [7, 11) is 0. The Bertz CT molecular complexity index is 1290. The molecule has 1 fully saturated rings.